The number of furan rings is 1. The summed E-state index contributed by atoms with van der Waals surface area (Å²) in [6.07, 6.45) is -4.69. The lowest BCUT2D eigenvalue weighted by Crippen LogP contribution is -2.63. The summed E-state index contributed by atoms with van der Waals surface area (Å²) in [7, 11) is 0. The van der Waals surface area contributed by atoms with Gasteiger partial charge in [-0.2, -0.15) is 5.26 Å². The number of ether oxygens (including phenoxy) is 1. The number of carbonyl (C=O) groups is 1. The van der Waals surface area contributed by atoms with E-state index in [0.29, 0.717) is 23.5 Å². The lowest BCUT2D eigenvalue weighted by atomic mass is 9.95. The summed E-state index contributed by atoms with van der Waals surface area (Å²) in [5, 5.41) is 45.2. The second-order valence-corrected chi connectivity index (χ2v) is 9.65. The number of aliphatic hydroxyl groups is 3. The predicted molar refractivity (Wildman–Crippen MR) is 149 cm³/mol. The van der Waals surface area contributed by atoms with Gasteiger partial charge >= 0.3 is 0 Å². The molecule has 206 valence electrons. The molecule has 0 radical (unpaired) electrons. The molecule has 0 bridgehead atoms. The summed E-state index contributed by atoms with van der Waals surface area (Å²) in [5.74, 6) is 0.0919. The van der Waals surface area contributed by atoms with Crippen molar-refractivity contribution in [2.24, 2.45) is 0 Å². The van der Waals surface area contributed by atoms with E-state index in [2.05, 4.69) is 42.3 Å². The number of amides is 1. The van der Waals surface area contributed by atoms with Gasteiger partial charge in [0, 0.05) is 29.9 Å². The van der Waals surface area contributed by atoms with E-state index in [-0.39, 0.29) is 5.57 Å². The number of rotatable bonds is 8. The summed E-state index contributed by atoms with van der Waals surface area (Å²) in [4.78, 5) is 15.2. The molecule has 3 aromatic rings. The van der Waals surface area contributed by atoms with Crippen LogP contribution in [0.3, 0.4) is 0 Å². The van der Waals surface area contributed by atoms with Crippen molar-refractivity contribution in [3.8, 4) is 17.4 Å². The van der Waals surface area contributed by atoms with Gasteiger partial charge in [-0.05, 0) is 68.3 Å². The molecule has 1 amide bonds. The number of aliphatic hydroxyl groups excluding tert-OH is 3. The predicted octanol–water partition coefficient (Wildman–Crippen LogP) is 3.58. The van der Waals surface area contributed by atoms with Crippen molar-refractivity contribution in [2.75, 3.05) is 18.0 Å². The summed E-state index contributed by atoms with van der Waals surface area (Å²) in [6, 6.07) is 16.4. The highest BCUT2D eigenvalue weighted by Crippen LogP contribution is 2.31. The first kappa shape index (κ1) is 28.3. The summed E-state index contributed by atoms with van der Waals surface area (Å²) in [5.41, 5.74) is 2.07. The maximum atomic E-state index is 13.0. The molecule has 4 rings (SSSR count). The zero-order valence-corrected chi connectivity index (χ0v) is 22.6. The molecule has 0 spiro atoms. The Kier molecular flexibility index (Phi) is 8.73. The van der Waals surface area contributed by atoms with Crippen molar-refractivity contribution in [1.82, 2.24) is 5.32 Å². The van der Waals surface area contributed by atoms with Crippen molar-refractivity contribution < 1.29 is 29.3 Å². The van der Waals surface area contributed by atoms with E-state index in [1.807, 2.05) is 24.3 Å². The van der Waals surface area contributed by atoms with Gasteiger partial charge < -0.3 is 34.7 Å². The average molecular weight is 534 g/mol. The number of hydrogen-bond acceptors (Lipinski definition) is 8. The number of fused-ring (bicyclic) bond motifs is 1. The quantitative estimate of drug-likeness (QED) is 0.255. The molecule has 39 heavy (non-hydrogen) atoms. The fraction of sp³-hybridized carbons (Fsp3) is 0.400. The fourth-order valence-electron chi connectivity index (χ4n) is 4.96. The van der Waals surface area contributed by atoms with Crippen molar-refractivity contribution in [1.29, 1.82) is 5.26 Å². The van der Waals surface area contributed by atoms with Crippen LogP contribution in [0.2, 0.25) is 0 Å². The average Bonchev–Trinajstić information content (AvgIpc) is 3.44. The van der Waals surface area contributed by atoms with Gasteiger partial charge in [-0.3, -0.25) is 4.79 Å². The first-order chi connectivity index (χ1) is 18.7. The molecule has 2 unspecified atom stereocenters. The van der Waals surface area contributed by atoms with E-state index >= 15 is 0 Å². The number of benzene rings is 2. The maximum absolute atomic E-state index is 13.0. The molecule has 5 atom stereocenters. The van der Waals surface area contributed by atoms with E-state index in [0.717, 1.165) is 29.4 Å². The second kappa shape index (κ2) is 12.0. The molecule has 9 nitrogen and oxygen atoms in total. The minimum absolute atomic E-state index is 0.246. The largest absolute Gasteiger partial charge is 0.456 e. The number of hydrogen-bond donors (Lipinski definition) is 4. The number of nitriles is 1. The Hall–Kier alpha value is -3.68. The zero-order valence-electron chi connectivity index (χ0n) is 22.6. The van der Waals surface area contributed by atoms with E-state index in [1.165, 1.54) is 5.69 Å². The molecule has 1 aromatic heterocycles. The van der Waals surface area contributed by atoms with Crippen LogP contribution in [0.1, 0.15) is 39.9 Å². The minimum Gasteiger partial charge on any atom is -0.456 e. The highest BCUT2D eigenvalue weighted by Gasteiger charge is 2.44. The molecule has 1 fully saturated rings. The Morgan fingerprint density at radius 1 is 1.00 bits per heavy atom. The SMILES string of the molecule is CC[C@H]1OC(O)C(NC(=O)/C(C#N)=C(\C)c2ccc(-c3ccc4cc(N(CC)CC)ccc4c3)o2)[C@@H](O)[C@@H]1O. The molecule has 1 aliphatic rings. The van der Waals surface area contributed by atoms with Crippen molar-refractivity contribution in [3.63, 3.8) is 0 Å². The molecule has 2 aromatic carbocycles. The van der Waals surface area contributed by atoms with Gasteiger partial charge in [0.25, 0.3) is 5.91 Å². The maximum Gasteiger partial charge on any atom is 0.262 e. The smallest absolute Gasteiger partial charge is 0.262 e. The van der Waals surface area contributed by atoms with Crippen molar-refractivity contribution in [3.05, 3.63) is 59.9 Å². The van der Waals surface area contributed by atoms with E-state index in [9.17, 15) is 25.4 Å². The fourth-order valence-corrected chi connectivity index (χ4v) is 4.96. The number of carbonyl (C=O) groups excluding carboxylic acids is 1. The molecule has 0 saturated carbocycles. The monoisotopic (exact) mass is 533 g/mol. The van der Waals surface area contributed by atoms with Crippen LogP contribution >= 0.6 is 0 Å². The van der Waals surface area contributed by atoms with Crippen LogP contribution in [-0.4, -0.2) is 65.0 Å². The molecular formula is C30H35N3O6. The van der Waals surface area contributed by atoms with Crippen LogP contribution in [0.25, 0.3) is 27.7 Å². The van der Waals surface area contributed by atoms with Crippen LogP contribution in [0.5, 0.6) is 0 Å². The third-order valence-corrected chi connectivity index (χ3v) is 7.35. The highest BCUT2D eigenvalue weighted by molar-refractivity contribution is 6.04. The molecule has 4 N–H and O–H groups in total. The van der Waals surface area contributed by atoms with Crippen LogP contribution in [0.4, 0.5) is 5.69 Å². The first-order valence-corrected chi connectivity index (χ1v) is 13.2. The van der Waals surface area contributed by atoms with Crippen molar-refractivity contribution in [2.45, 2.75) is 64.8 Å². The Morgan fingerprint density at radius 2 is 1.69 bits per heavy atom. The lowest BCUT2D eigenvalue weighted by molar-refractivity contribution is -0.247. The molecule has 0 aliphatic carbocycles. The Morgan fingerprint density at radius 3 is 2.36 bits per heavy atom. The number of allylic oxidation sites excluding steroid dienone is 1. The van der Waals surface area contributed by atoms with Crippen molar-refractivity contribution >= 4 is 27.9 Å². The minimum atomic E-state index is -1.54. The second-order valence-electron chi connectivity index (χ2n) is 9.65. The lowest BCUT2D eigenvalue weighted by Gasteiger charge is -2.40. The molecule has 1 aliphatic heterocycles. The van der Waals surface area contributed by atoms with Gasteiger partial charge in [-0.15, -0.1) is 0 Å². The Balaban J connectivity index is 1.55. The van der Waals surface area contributed by atoms with Crippen LogP contribution in [0.15, 0.2) is 58.5 Å². The standard InChI is InChI=1S/C30H35N3O6/c1-5-23-27(34)28(35)26(30(37)39-23)32-29(36)22(16-31)17(4)24-12-13-25(38-24)20-9-8-19-15-21(33(6-2)7-3)11-10-18(19)14-20/h8-15,23,26-28,30,34-35,37H,5-7H2,1-4H3,(H,32,36)/b22-17+/t23-,26?,27-,28-,30?/m1/s1. The summed E-state index contributed by atoms with van der Waals surface area (Å²) in [6.45, 7) is 9.45. The van der Waals surface area contributed by atoms with Gasteiger partial charge in [0.05, 0.1) is 6.10 Å². The molecule has 2 heterocycles. The summed E-state index contributed by atoms with van der Waals surface area (Å²) < 4.78 is 11.3. The van der Waals surface area contributed by atoms with E-state index in [1.54, 1.807) is 26.0 Å². The zero-order chi connectivity index (χ0) is 28.3. The van der Waals surface area contributed by atoms with Gasteiger partial charge in [-0.25, -0.2) is 0 Å². The topological polar surface area (TPSA) is 139 Å². The number of nitrogens with one attached hydrogen (secondary N) is 1. The molecule has 1 saturated heterocycles. The normalized spacial score (nSPS) is 23.7. The first-order valence-electron chi connectivity index (χ1n) is 13.2. The van der Waals surface area contributed by atoms with Crippen LogP contribution in [0, 0.1) is 11.3 Å². The highest BCUT2D eigenvalue weighted by atomic mass is 16.6. The van der Waals surface area contributed by atoms with E-state index < -0.39 is 36.6 Å². The summed E-state index contributed by atoms with van der Waals surface area (Å²) >= 11 is 0. The van der Waals surface area contributed by atoms with E-state index in [4.69, 9.17) is 9.15 Å². The van der Waals surface area contributed by atoms with Gasteiger partial charge in [-0.1, -0.05) is 25.1 Å². The third-order valence-electron chi connectivity index (χ3n) is 7.35. The van der Waals surface area contributed by atoms with Gasteiger partial charge in [0.1, 0.15) is 41.4 Å². The number of anilines is 1. The third kappa shape index (κ3) is 5.70. The Bertz CT molecular complexity index is 1400. The van der Waals surface area contributed by atoms with Gasteiger partial charge in [0.15, 0.2) is 6.29 Å². The van der Waals surface area contributed by atoms with Gasteiger partial charge in [0.2, 0.25) is 0 Å². The molecular weight excluding hydrogens is 498 g/mol. The Labute approximate surface area is 227 Å². The van der Waals surface area contributed by atoms with Crippen LogP contribution in [-0.2, 0) is 9.53 Å². The van der Waals surface area contributed by atoms with Crippen LogP contribution < -0.4 is 10.2 Å². The number of nitrogens with zero attached hydrogens (tertiary/aromatic N) is 2. The molecule has 9 heteroatoms.